The van der Waals surface area contributed by atoms with E-state index in [9.17, 15) is 18.8 Å². The van der Waals surface area contributed by atoms with Gasteiger partial charge in [0.2, 0.25) is 5.76 Å². The lowest BCUT2D eigenvalue weighted by molar-refractivity contribution is -0.123. The molecule has 0 atom stereocenters. The summed E-state index contributed by atoms with van der Waals surface area (Å²) in [7, 11) is 1.22. The minimum Gasteiger partial charge on any atom is -0.490 e. The van der Waals surface area contributed by atoms with E-state index in [4.69, 9.17) is 13.9 Å². The standard InChI is InChI=1S/C26H22FIN2O7/c1-3-35-22-12-16(10-19(28)23(22)36-14-15-5-4-6-17(27)9-15)11-20-24(31)30(26(33)29-20)13-18-7-8-21(37-18)25(32)34-2/h4-12H,3,13-14H2,1-2H3,(H,29,33)/b20-11-. The lowest BCUT2D eigenvalue weighted by Gasteiger charge is -2.15. The van der Waals surface area contributed by atoms with Gasteiger partial charge in [-0.05, 0) is 83.1 Å². The molecule has 0 aliphatic carbocycles. The molecule has 0 saturated carbocycles. The van der Waals surface area contributed by atoms with Crippen molar-refractivity contribution in [2.45, 2.75) is 20.1 Å². The number of ether oxygens (including phenoxy) is 3. The van der Waals surface area contributed by atoms with Crippen LogP contribution in [0.3, 0.4) is 0 Å². The molecule has 1 aromatic heterocycles. The van der Waals surface area contributed by atoms with E-state index in [1.54, 1.807) is 24.3 Å². The summed E-state index contributed by atoms with van der Waals surface area (Å²) in [6, 6.07) is 11.9. The molecule has 9 nitrogen and oxygen atoms in total. The number of esters is 1. The molecule has 2 aromatic carbocycles. The SMILES string of the molecule is CCOc1cc(/C=C2\NC(=O)N(Cc3ccc(C(=O)OC)o3)C2=O)cc(I)c1OCc1cccc(F)c1. The number of rotatable bonds is 9. The summed E-state index contributed by atoms with van der Waals surface area (Å²) < 4.78 is 35.8. The van der Waals surface area contributed by atoms with Crippen LogP contribution >= 0.6 is 22.6 Å². The number of nitrogens with one attached hydrogen (secondary N) is 1. The fourth-order valence-corrected chi connectivity index (χ4v) is 4.35. The van der Waals surface area contributed by atoms with E-state index >= 15 is 0 Å². The number of methoxy groups -OCH3 is 1. The van der Waals surface area contributed by atoms with Crippen LogP contribution in [-0.2, 0) is 22.7 Å². The Kier molecular flexibility index (Phi) is 8.11. The highest BCUT2D eigenvalue weighted by Crippen LogP contribution is 2.36. The number of nitrogens with zero attached hydrogens (tertiary/aromatic N) is 1. The van der Waals surface area contributed by atoms with Gasteiger partial charge in [-0.25, -0.2) is 14.0 Å². The van der Waals surface area contributed by atoms with Gasteiger partial charge in [-0.1, -0.05) is 12.1 Å². The summed E-state index contributed by atoms with van der Waals surface area (Å²) in [5, 5.41) is 2.56. The predicted molar refractivity (Wildman–Crippen MR) is 138 cm³/mol. The van der Waals surface area contributed by atoms with Gasteiger partial charge in [0.1, 0.15) is 23.9 Å². The van der Waals surface area contributed by atoms with Crippen LogP contribution in [0.1, 0.15) is 34.4 Å². The zero-order valence-corrected chi connectivity index (χ0v) is 22.0. The van der Waals surface area contributed by atoms with E-state index in [0.717, 1.165) is 4.90 Å². The van der Waals surface area contributed by atoms with E-state index < -0.39 is 17.9 Å². The van der Waals surface area contributed by atoms with Gasteiger partial charge in [0.15, 0.2) is 11.5 Å². The zero-order chi connectivity index (χ0) is 26.5. The third-order valence-electron chi connectivity index (χ3n) is 5.24. The molecule has 1 saturated heterocycles. The van der Waals surface area contributed by atoms with Crippen molar-refractivity contribution in [2.24, 2.45) is 0 Å². The van der Waals surface area contributed by atoms with Crippen LogP contribution in [0.5, 0.6) is 11.5 Å². The Hall–Kier alpha value is -3.87. The predicted octanol–water partition coefficient (Wildman–Crippen LogP) is 4.88. The van der Waals surface area contributed by atoms with Crippen LogP contribution in [0.15, 0.2) is 58.6 Å². The molecular weight excluding hydrogens is 598 g/mol. The summed E-state index contributed by atoms with van der Waals surface area (Å²) in [5.74, 6) is -0.423. The van der Waals surface area contributed by atoms with Crippen molar-refractivity contribution in [1.29, 1.82) is 0 Å². The molecule has 1 aliphatic heterocycles. The summed E-state index contributed by atoms with van der Waals surface area (Å²) in [4.78, 5) is 37.9. The Balaban J connectivity index is 1.53. The van der Waals surface area contributed by atoms with Crippen LogP contribution < -0.4 is 14.8 Å². The number of urea groups is 1. The maximum absolute atomic E-state index is 13.5. The number of carbonyl (C=O) groups excluding carboxylic acids is 3. The molecule has 4 rings (SSSR count). The Bertz CT molecular complexity index is 1380. The van der Waals surface area contributed by atoms with Crippen molar-refractivity contribution in [3.05, 3.63) is 86.3 Å². The van der Waals surface area contributed by atoms with Crippen LogP contribution in [0.4, 0.5) is 9.18 Å². The highest BCUT2D eigenvalue weighted by atomic mass is 127. The van der Waals surface area contributed by atoms with Gasteiger partial charge >= 0.3 is 12.0 Å². The molecule has 192 valence electrons. The topological polar surface area (TPSA) is 107 Å². The molecule has 1 aliphatic rings. The Labute approximate surface area is 225 Å². The van der Waals surface area contributed by atoms with Crippen molar-refractivity contribution in [1.82, 2.24) is 10.2 Å². The number of halogens is 2. The third-order valence-corrected chi connectivity index (χ3v) is 6.04. The van der Waals surface area contributed by atoms with E-state index in [0.29, 0.717) is 32.8 Å². The Morgan fingerprint density at radius 1 is 1.16 bits per heavy atom. The first kappa shape index (κ1) is 26.2. The van der Waals surface area contributed by atoms with Crippen molar-refractivity contribution in [2.75, 3.05) is 13.7 Å². The van der Waals surface area contributed by atoms with E-state index in [2.05, 4.69) is 32.6 Å². The summed E-state index contributed by atoms with van der Waals surface area (Å²) in [5.41, 5.74) is 1.33. The first-order chi connectivity index (χ1) is 17.8. The molecule has 1 fully saturated rings. The van der Waals surface area contributed by atoms with Gasteiger partial charge in [-0.3, -0.25) is 9.69 Å². The second kappa shape index (κ2) is 11.5. The second-order valence-corrected chi connectivity index (χ2v) is 8.98. The fraction of sp³-hybridized carbons (Fsp3) is 0.192. The second-order valence-electron chi connectivity index (χ2n) is 7.82. The zero-order valence-electron chi connectivity index (χ0n) is 19.9. The molecule has 2 heterocycles. The minimum atomic E-state index is -0.660. The van der Waals surface area contributed by atoms with Gasteiger partial charge in [0.25, 0.3) is 5.91 Å². The highest BCUT2D eigenvalue weighted by Gasteiger charge is 2.34. The first-order valence-electron chi connectivity index (χ1n) is 11.1. The number of furan rings is 1. The summed E-state index contributed by atoms with van der Waals surface area (Å²) >= 11 is 2.09. The van der Waals surface area contributed by atoms with Crippen molar-refractivity contribution in [3.8, 4) is 11.5 Å². The molecule has 0 spiro atoms. The van der Waals surface area contributed by atoms with E-state index in [-0.39, 0.29) is 36.2 Å². The monoisotopic (exact) mass is 620 g/mol. The van der Waals surface area contributed by atoms with Gasteiger partial charge in [0, 0.05) is 0 Å². The maximum atomic E-state index is 13.5. The lowest BCUT2D eigenvalue weighted by Crippen LogP contribution is -2.30. The quantitative estimate of drug-likeness (QED) is 0.157. The molecule has 37 heavy (non-hydrogen) atoms. The summed E-state index contributed by atoms with van der Waals surface area (Å²) in [6.45, 7) is 2.18. The van der Waals surface area contributed by atoms with Crippen molar-refractivity contribution >= 4 is 46.6 Å². The third kappa shape index (κ3) is 6.10. The van der Waals surface area contributed by atoms with E-state index in [1.165, 1.54) is 37.5 Å². The molecule has 0 bridgehead atoms. The number of hydrogen-bond donors (Lipinski definition) is 1. The molecule has 3 aromatic rings. The number of imide groups is 1. The van der Waals surface area contributed by atoms with Gasteiger partial charge in [-0.2, -0.15) is 0 Å². The molecule has 0 unspecified atom stereocenters. The van der Waals surface area contributed by atoms with Gasteiger partial charge < -0.3 is 23.9 Å². The van der Waals surface area contributed by atoms with Crippen LogP contribution in [0, 0.1) is 9.39 Å². The average molecular weight is 620 g/mol. The van der Waals surface area contributed by atoms with Crippen molar-refractivity contribution in [3.63, 3.8) is 0 Å². The molecule has 3 amide bonds. The van der Waals surface area contributed by atoms with Crippen LogP contribution in [0.25, 0.3) is 6.08 Å². The number of benzene rings is 2. The lowest BCUT2D eigenvalue weighted by atomic mass is 10.1. The maximum Gasteiger partial charge on any atom is 0.373 e. The first-order valence-corrected chi connectivity index (χ1v) is 12.2. The number of carbonyl (C=O) groups is 3. The van der Waals surface area contributed by atoms with Crippen molar-refractivity contribution < 1.29 is 37.4 Å². The van der Waals surface area contributed by atoms with E-state index in [1.807, 2.05) is 6.92 Å². The molecule has 11 heteroatoms. The van der Waals surface area contributed by atoms with Gasteiger partial charge in [0.05, 0.1) is 23.8 Å². The van der Waals surface area contributed by atoms with Crippen LogP contribution in [0.2, 0.25) is 0 Å². The minimum absolute atomic E-state index is 0.0296. The fourth-order valence-electron chi connectivity index (χ4n) is 3.57. The Morgan fingerprint density at radius 3 is 2.70 bits per heavy atom. The Morgan fingerprint density at radius 2 is 1.97 bits per heavy atom. The normalized spacial score (nSPS) is 14.2. The summed E-state index contributed by atoms with van der Waals surface area (Å²) in [6.07, 6.45) is 1.53. The van der Waals surface area contributed by atoms with Gasteiger partial charge in [-0.15, -0.1) is 0 Å². The molecular formula is C26H22FIN2O7. The molecule has 0 radical (unpaired) electrons. The largest absolute Gasteiger partial charge is 0.490 e. The number of amides is 3. The number of hydrogen-bond acceptors (Lipinski definition) is 7. The highest BCUT2D eigenvalue weighted by molar-refractivity contribution is 14.1. The smallest absolute Gasteiger partial charge is 0.373 e. The average Bonchev–Trinajstić information content (AvgIpc) is 3.44. The molecule has 1 N–H and O–H groups in total. The van der Waals surface area contributed by atoms with Crippen LogP contribution in [-0.4, -0.2) is 36.5 Å².